The van der Waals surface area contributed by atoms with Gasteiger partial charge in [0, 0.05) is 12.4 Å². The van der Waals surface area contributed by atoms with E-state index in [0.29, 0.717) is 11.5 Å². The molecule has 5 nitrogen and oxygen atoms in total. The predicted molar refractivity (Wildman–Crippen MR) is 99.3 cm³/mol. The van der Waals surface area contributed by atoms with E-state index in [4.69, 9.17) is 0 Å². The van der Waals surface area contributed by atoms with Gasteiger partial charge in [-0.15, -0.1) is 0 Å². The first-order chi connectivity index (χ1) is 12.1. The van der Waals surface area contributed by atoms with Crippen LogP contribution >= 0.6 is 0 Å². The van der Waals surface area contributed by atoms with Crippen molar-refractivity contribution >= 4 is 22.9 Å². The molecular weight excluding hydrogens is 312 g/mol. The molecule has 1 amide bonds. The third-order valence-corrected chi connectivity index (χ3v) is 4.36. The van der Waals surface area contributed by atoms with E-state index < -0.39 is 0 Å². The number of hydrogen-bond donors (Lipinski definition) is 2. The molecule has 2 heterocycles. The van der Waals surface area contributed by atoms with Gasteiger partial charge in [0.1, 0.15) is 0 Å². The van der Waals surface area contributed by atoms with E-state index in [0.717, 1.165) is 16.7 Å². The van der Waals surface area contributed by atoms with E-state index in [2.05, 4.69) is 29.1 Å². The Bertz CT molecular complexity index is 1020. The maximum Gasteiger partial charge on any atom is 0.260 e. The van der Waals surface area contributed by atoms with Gasteiger partial charge in [0.15, 0.2) is 0 Å². The second-order valence-electron chi connectivity index (χ2n) is 6.10. The van der Waals surface area contributed by atoms with Crippen molar-refractivity contribution in [2.75, 3.05) is 5.32 Å². The molecule has 124 valence electrons. The lowest BCUT2D eigenvalue weighted by molar-refractivity contribution is 0.102. The monoisotopic (exact) mass is 330 g/mol. The molecule has 0 aliphatic rings. The van der Waals surface area contributed by atoms with E-state index in [9.17, 15) is 4.79 Å². The Labute approximate surface area is 145 Å². The fourth-order valence-electron chi connectivity index (χ4n) is 2.89. The summed E-state index contributed by atoms with van der Waals surface area (Å²) in [7, 11) is 0. The maximum atomic E-state index is 12.8. The van der Waals surface area contributed by atoms with Crippen molar-refractivity contribution in [1.82, 2.24) is 14.5 Å². The zero-order valence-corrected chi connectivity index (χ0v) is 14.1. The Morgan fingerprint density at radius 2 is 1.76 bits per heavy atom. The molecule has 0 atom stereocenters. The lowest BCUT2D eigenvalue weighted by Gasteiger charge is -2.09. The fourth-order valence-corrected chi connectivity index (χ4v) is 2.89. The number of carbonyl (C=O) groups is 1. The van der Waals surface area contributed by atoms with Crippen LogP contribution in [-0.2, 0) is 0 Å². The Balaban J connectivity index is 1.67. The summed E-state index contributed by atoms with van der Waals surface area (Å²) < 4.78 is 1.92. The van der Waals surface area contributed by atoms with Gasteiger partial charge in [-0.2, -0.15) is 0 Å². The smallest absolute Gasteiger partial charge is 0.260 e. The summed E-state index contributed by atoms with van der Waals surface area (Å²) in [4.78, 5) is 20.4. The largest absolute Gasteiger partial charge is 0.324 e. The highest BCUT2D eigenvalue weighted by Gasteiger charge is 2.14. The van der Waals surface area contributed by atoms with Crippen molar-refractivity contribution in [1.29, 1.82) is 0 Å². The second kappa shape index (κ2) is 5.94. The highest BCUT2D eigenvalue weighted by molar-refractivity contribution is 6.06. The Kier molecular flexibility index (Phi) is 3.61. The van der Waals surface area contributed by atoms with Crippen LogP contribution < -0.4 is 5.32 Å². The van der Waals surface area contributed by atoms with Gasteiger partial charge in [0.25, 0.3) is 5.91 Å². The molecule has 25 heavy (non-hydrogen) atoms. The first kappa shape index (κ1) is 15.2. The molecule has 0 saturated carbocycles. The summed E-state index contributed by atoms with van der Waals surface area (Å²) >= 11 is 0. The highest BCUT2D eigenvalue weighted by Crippen LogP contribution is 2.20. The number of fused-ring (bicyclic) bond motifs is 1. The lowest BCUT2D eigenvalue weighted by Crippen LogP contribution is -2.15. The first-order valence-corrected chi connectivity index (χ1v) is 8.12. The van der Waals surface area contributed by atoms with Crippen LogP contribution in [-0.4, -0.2) is 20.4 Å². The number of imidazole rings is 1. The van der Waals surface area contributed by atoms with Crippen molar-refractivity contribution in [2.45, 2.75) is 13.8 Å². The third kappa shape index (κ3) is 2.80. The van der Waals surface area contributed by atoms with Crippen LogP contribution in [0.4, 0.5) is 5.95 Å². The SMILES string of the molecule is Cc1cc2nc(NC(=O)c3ccccc3-n3cccc3)[nH]c2cc1C. The standard InChI is InChI=1S/C20H18N4O/c1-13-11-16-17(12-14(13)2)22-20(21-16)23-19(25)15-7-3-4-8-18(15)24-9-5-6-10-24/h3-12H,1-2H3,(H2,21,22,23,25). The van der Waals surface area contributed by atoms with Gasteiger partial charge in [-0.25, -0.2) is 4.98 Å². The molecule has 0 unspecified atom stereocenters. The van der Waals surface area contributed by atoms with Crippen molar-refractivity contribution in [2.24, 2.45) is 0 Å². The Hall–Kier alpha value is -3.34. The van der Waals surface area contributed by atoms with Gasteiger partial charge in [0.2, 0.25) is 5.95 Å². The van der Waals surface area contributed by atoms with Gasteiger partial charge in [0.05, 0.1) is 22.3 Å². The number of para-hydroxylation sites is 1. The van der Waals surface area contributed by atoms with Crippen LogP contribution in [0.2, 0.25) is 0 Å². The molecule has 4 rings (SSSR count). The molecule has 0 aliphatic heterocycles. The second-order valence-corrected chi connectivity index (χ2v) is 6.10. The van der Waals surface area contributed by atoms with Crippen LogP contribution in [0.1, 0.15) is 21.5 Å². The number of benzene rings is 2. The average Bonchev–Trinajstić information content (AvgIpc) is 3.25. The number of amides is 1. The zero-order chi connectivity index (χ0) is 17.4. The number of nitrogens with zero attached hydrogens (tertiary/aromatic N) is 2. The fraction of sp³-hybridized carbons (Fsp3) is 0.100. The summed E-state index contributed by atoms with van der Waals surface area (Å²) in [6.45, 7) is 4.11. The number of hydrogen-bond acceptors (Lipinski definition) is 2. The summed E-state index contributed by atoms with van der Waals surface area (Å²) in [6.07, 6.45) is 3.83. The molecule has 0 saturated heterocycles. The number of carbonyl (C=O) groups excluding carboxylic acids is 1. The summed E-state index contributed by atoms with van der Waals surface area (Å²) in [5.41, 5.74) is 5.54. The summed E-state index contributed by atoms with van der Waals surface area (Å²) in [5.74, 6) is 0.254. The molecule has 0 radical (unpaired) electrons. The molecule has 0 spiro atoms. The molecule has 0 fully saturated rings. The number of H-pyrrole nitrogens is 1. The molecular formula is C20H18N4O. The van der Waals surface area contributed by atoms with Crippen LogP contribution in [0.5, 0.6) is 0 Å². The van der Waals surface area contributed by atoms with Gasteiger partial charge in [-0.3, -0.25) is 10.1 Å². The summed E-state index contributed by atoms with van der Waals surface area (Å²) in [5, 5.41) is 2.87. The number of anilines is 1. The van der Waals surface area contributed by atoms with Gasteiger partial charge in [-0.1, -0.05) is 12.1 Å². The van der Waals surface area contributed by atoms with Gasteiger partial charge < -0.3 is 9.55 Å². The molecule has 4 aromatic rings. The van der Waals surface area contributed by atoms with Gasteiger partial charge >= 0.3 is 0 Å². The first-order valence-electron chi connectivity index (χ1n) is 8.12. The van der Waals surface area contributed by atoms with E-state index in [1.54, 1.807) is 0 Å². The van der Waals surface area contributed by atoms with Crippen LogP contribution in [0.15, 0.2) is 60.9 Å². The zero-order valence-electron chi connectivity index (χ0n) is 14.1. The number of nitrogens with one attached hydrogen (secondary N) is 2. The molecule has 0 bridgehead atoms. The molecule has 2 N–H and O–H groups in total. The minimum absolute atomic E-state index is 0.197. The van der Waals surface area contributed by atoms with E-state index in [1.165, 1.54) is 11.1 Å². The maximum absolute atomic E-state index is 12.8. The van der Waals surface area contributed by atoms with Crippen molar-refractivity contribution < 1.29 is 4.79 Å². The van der Waals surface area contributed by atoms with Crippen molar-refractivity contribution in [3.05, 3.63) is 77.6 Å². The number of aromatic amines is 1. The third-order valence-electron chi connectivity index (χ3n) is 4.36. The topological polar surface area (TPSA) is 62.7 Å². The minimum Gasteiger partial charge on any atom is -0.324 e. The van der Waals surface area contributed by atoms with Crippen LogP contribution in [0.25, 0.3) is 16.7 Å². The molecule has 2 aromatic carbocycles. The Morgan fingerprint density at radius 1 is 1.04 bits per heavy atom. The molecule has 0 aliphatic carbocycles. The van der Waals surface area contributed by atoms with Gasteiger partial charge in [-0.05, 0) is 61.4 Å². The van der Waals surface area contributed by atoms with Crippen molar-refractivity contribution in [3.63, 3.8) is 0 Å². The van der Waals surface area contributed by atoms with E-state index >= 15 is 0 Å². The quantitative estimate of drug-likeness (QED) is 0.591. The molecule has 5 heteroatoms. The number of aromatic nitrogens is 3. The number of aryl methyl sites for hydroxylation is 2. The van der Waals surface area contributed by atoms with Crippen LogP contribution in [0.3, 0.4) is 0 Å². The Morgan fingerprint density at radius 3 is 2.56 bits per heavy atom. The highest BCUT2D eigenvalue weighted by atomic mass is 16.1. The predicted octanol–water partition coefficient (Wildman–Crippen LogP) is 4.22. The van der Waals surface area contributed by atoms with Crippen molar-refractivity contribution in [3.8, 4) is 5.69 Å². The van der Waals surface area contributed by atoms with E-state index in [1.807, 2.05) is 65.5 Å². The summed E-state index contributed by atoms with van der Waals surface area (Å²) in [6, 6.07) is 15.4. The van der Waals surface area contributed by atoms with Crippen LogP contribution in [0, 0.1) is 13.8 Å². The normalized spacial score (nSPS) is 11.0. The minimum atomic E-state index is -0.197. The number of rotatable bonds is 3. The van der Waals surface area contributed by atoms with E-state index in [-0.39, 0.29) is 5.91 Å². The average molecular weight is 330 g/mol. The molecule has 2 aromatic heterocycles. The lowest BCUT2D eigenvalue weighted by atomic mass is 10.1.